The Kier molecular flexibility index (Phi) is 1.94. The maximum absolute atomic E-state index is 11.9. The van der Waals surface area contributed by atoms with Crippen molar-refractivity contribution in [1.29, 1.82) is 5.26 Å². The first-order valence-electron chi connectivity index (χ1n) is 5.94. The average molecular weight is 234 g/mol. The highest BCUT2D eigenvalue weighted by molar-refractivity contribution is 6.07. The van der Waals surface area contributed by atoms with Gasteiger partial charge in [0.25, 0.3) is 0 Å². The lowest BCUT2D eigenvalue weighted by atomic mass is 9.67. The highest BCUT2D eigenvalue weighted by atomic mass is 16.5. The molecule has 3 heterocycles. The SMILES string of the molecule is CC12CCC(CCC#N)(O1)C1C(=O)NC(=O)C12. The van der Waals surface area contributed by atoms with E-state index in [-0.39, 0.29) is 23.7 Å². The highest BCUT2D eigenvalue weighted by Crippen LogP contribution is 2.60. The number of imide groups is 1. The van der Waals surface area contributed by atoms with Crippen LogP contribution in [-0.4, -0.2) is 23.0 Å². The molecule has 3 saturated heterocycles. The van der Waals surface area contributed by atoms with Crippen LogP contribution in [0.2, 0.25) is 0 Å². The Labute approximate surface area is 99.1 Å². The van der Waals surface area contributed by atoms with E-state index in [2.05, 4.69) is 11.4 Å². The molecule has 0 spiro atoms. The number of ether oxygens (including phenoxy) is 1. The molecule has 3 aliphatic heterocycles. The Bertz CT molecular complexity index is 455. The van der Waals surface area contributed by atoms with E-state index in [9.17, 15) is 9.59 Å². The van der Waals surface area contributed by atoms with Crippen molar-refractivity contribution in [3.63, 3.8) is 0 Å². The molecule has 2 amide bonds. The molecule has 3 aliphatic rings. The quantitative estimate of drug-likeness (QED) is 0.706. The maximum atomic E-state index is 11.9. The third-order valence-corrected chi connectivity index (χ3v) is 4.51. The van der Waals surface area contributed by atoms with Crippen LogP contribution >= 0.6 is 0 Å². The van der Waals surface area contributed by atoms with Gasteiger partial charge in [-0.2, -0.15) is 5.26 Å². The number of rotatable bonds is 2. The Balaban J connectivity index is 2.00. The molecular weight excluding hydrogens is 220 g/mol. The number of amides is 2. The summed E-state index contributed by atoms with van der Waals surface area (Å²) >= 11 is 0. The lowest BCUT2D eigenvalue weighted by Gasteiger charge is -2.30. The molecule has 1 N–H and O–H groups in total. The van der Waals surface area contributed by atoms with Gasteiger partial charge in [-0.25, -0.2) is 0 Å². The van der Waals surface area contributed by atoms with Crippen molar-refractivity contribution in [2.24, 2.45) is 11.8 Å². The normalized spacial score (nSPS) is 46.8. The smallest absolute Gasteiger partial charge is 0.233 e. The van der Waals surface area contributed by atoms with Crippen LogP contribution < -0.4 is 5.32 Å². The van der Waals surface area contributed by atoms with E-state index in [1.165, 1.54) is 0 Å². The number of nitrogens with one attached hydrogen (secondary N) is 1. The fourth-order valence-electron chi connectivity index (χ4n) is 3.82. The Morgan fingerprint density at radius 2 is 2.12 bits per heavy atom. The summed E-state index contributed by atoms with van der Waals surface area (Å²) in [5, 5.41) is 11.1. The highest BCUT2D eigenvalue weighted by Gasteiger charge is 2.71. The van der Waals surface area contributed by atoms with Crippen LogP contribution in [0.1, 0.15) is 32.6 Å². The molecule has 2 bridgehead atoms. The second-order valence-electron chi connectivity index (χ2n) is 5.45. The number of nitrogens with zero attached hydrogens (tertiary/aromatic N) is 1. The molecular formula is C12H14N2O3. The van der Waals surface area contributed by atoms with Gasteiger partial charge in [0, 0.05) is 6.42 Å². The van der Waals surface area contributed by atoms with Crippen molar-refractivity contribution >= 4 is 11.8 Å². The van der Waals surface area contributed by atoms with E-state index < -0.39 is 11.2 Å². The van der Waals surface area contributed by atoms with Gasteiger partial charge in [-0.05, 0) is 26.2 Å². The topological polar surface area (TPSA) is 79.2 Å². The Morgan fingerprint density at radius 3 is 2.82 bits per heavy atom. The van der Waals surface area contributed by atoms with E-state index in [1.807, 2.05) is 6.92 Å². The summed E-state index contributed by atoms with van der Waals surface area (Å²) in [6.45, 7) is 1.91. The predicted octanol–water partition coefficient (Wildman–Crippen LogP) is 0.500. The fraction of sp³-hybridized carbons (Fsp3) is 0.750. The summed E-state index contributed by atoms with van der Waals surface area (Å²) < 4.78 is 6.02. The van der Waals surface area contributed by atoms with E-state index in [0.29, 0.717) is 12.8 Å². The summed E-state index contributed by atoms with van der Waals surface area (Å²) in [5.41, 5.74) is -1.10. The molecule has 5 nitrogen and oxygen atoms in total. The van der Waals surface area contributed by atoms with Gasteiger partial charge < -0.3 is 4.74 Å². The first-order chi connectivity index (χ1) is 8.02. The van der Waals surface area contributed by atoms with Gasteiger partial charge in [-0.1, -0.05) is 0 Å². The monoisotopic (exact) mass is 234 g/mol. The zero-order chi connectivity index (χ0) is 12.3. The number of hydrogen-bond acceptors (Lipinski definition) is 4. The minimum atomic E-state index is -0.578. The minimum Gasteiger partial charge on any atom is -0.367 e. The second kappa shape index (κ2) is 3.08. The number of hydrogen-bond donors (Lipinski definition) is 1. The fourth-order valence-corrected chi connectivity index (χ4v) is 3.82. The third kappa shape index (κ3) is 1.16. The molecule has 3 rings (SSSR count). The molecule has 0 aliphatic carbocycles. The van der Waals surface area contributed by atoms with Crippen LogP contribution in [0.25, 0.3) is 0 Å². The van der Waals surface area contributed by atoms with Crippen LogP contribution in [0.15, 0.2) is 0 Å². The van der Waals surface area contributed by atoms with E-state index >= 15 is 0 Å². The molecule has 4 atom stereocenters. The summed E-state index contributed by atoms with van der Waals surface area (Å²) in [5.74, 6) is -1.17. The standard InChI is InChI=1S/C12H14N2O3/c1-11-4-5-12(17-11,3-2-6-13)8-7(11)9(15)14-10(8)16/h7-8H,2-5H2,1H3,(H,14,15,16). The lowest BCUT2D eigenvalue weighted by Crippen LogP contribution is -2.41. The number of nitriles is 1. The summed E-state index contributed by atoms with van der Waals surface area (Å²) in [6, 6.07) is 2.09. The van der Waals surface area contributed by atoms with Gasteiger partial charge in [0.2, 0.25) is 11.8 Å². The van der Waals surface area contributed by atoms with Crippen molar-refractivity contribution in [3.8, 4) is 6.07 Å². The first kappa shape index (κ1) is 10.7. The van der Waals surface area contributed by atoms with Gasteiger partial charge in [-0.3, -0.25) is 14.9 Å². The van der Waals surface area contributed by atoms with Crippen LogP contribution in [0, 0.1) is 23.2 Å². The van der Waals surface area contributed by atoms with Gasteiger partial charge >= 0.3 is 0 Å². The summed E-state index contributed by atoms with van der Waals surface area (Å²) in [7, 11) is 0. The van der Waals surface area contributed by atoms with Gasteiger partial charge in [-0.15, -0.1) is 0 Å². The number of fused-ring (bicyclic) bond motifs is 5. The summed E-state index contributed by atoms with van der Waals surface area (Å²) in [4.78, 5) is 23.7. The zero-order valence-electron chi connectivity index (χ0n) is 9.66. The van der Waals surface area contributed by atoms with E-state index in [4.69, 9.17) is 10.00 Å². The molecule has 17 heavy (non-hydrogen) atoms. The second-order valence-corrected chi connectivity index (χ2v) is 5.45. The third-order valence-electron chi connectivity index (χ3n) is 4.51. The van der Waals surface area contributed by atoms with Crippen LogP contribution in [0.5, 0.6) is 0 Å². The van der Waals surface area contributed by atoms with Crippen LogP contribution in [0.4, 0.5) is 0 Å². The Hall–Kier alpha value is -1.41. The van der Waals surface area contributed by atoms with Gasteiger partial charge in [0.1, 0.15) is 0 Å². The minimum absolute atomic E-state index is 0.207. The molecule has 90 valence electrons. The number of carbonyl (C=O) groups is 2. The van der Waals surface area contributed by atoms with Crippen LogP contribution in [0.3, 0.4) is 0 Å². The van der Waals surface area contributed by atoms with Crippen LogP contribution in [-0.2, 0) is 14.3 Å². The molecule has 0 aromatic heterocycles. The van der Waals surface area contributed by atoms with Crippen molar-refractivity contribution in [2.75, 3.05) is 0 Å². The average Bonchev–Trinajstić information content (AvgIpc) is 2.85. The number of carbonyl (C=O) groups excluding carboxylic acids is 2. The molecule has 0 radical (unpaired) electrons. The van der Waals surface area contributed by atoms with Crippen molar-refractivity contribution in [3.05, 3.63) is 0 Å². The molecule has 0 aromatic rings. The maximum Gasteiger partial charge on any atom is 0.233 e. The zero-order valence-corrected chi connectivity index (χ0v) is 9.66. The lowest BCUT2D eigenvalue weighted by molar-refractivity contribution is -0.134. The van der Waals surface area contributed by atoms with E-state index in [0.717, 1.165) is 12.8 Å². The first-order valence-corrected chi connectivity index (χ1v) is 5.94. The van der Waals surface area contributed by atoms with Crippen molar-refractivity contribution in [2.45, 2.75) is 43.8 Å². The van der Waals surface area contributed by atoms with Crippen molar-refractivity contribution < 1.29 is 14.3 Å². The van der Waals surface area contributed by atoms with E-state index in [1.54, 1.807) is 0 Å². The molecule has 5 heteroatoms. The Morgan fingerprint density at radius 1 is 1.41 bits per heavy atom. The molecule has 4 unspecified atom stereocenters. The molecule has 0 saturated carbocycles. The molecule has 0 aromatic carbocycles. The van der Waals surface area contributed by atoms with Gasteiger partial charge in [0.15, 0.2) is 0 Å². The van der Waals surface area contributed by atoms with Crippen molar-refractivity contribution in [1.82, 2.24) is 5.32 Å². The largest absolute Gasteiger partial charge is 0.367 e. The summed E-state index contributed by atoms with van der Waals surface area (Å²) in [6.07, 6.45) is 2.47. The van der Waals surface area contributed by atoms with Gasteiger partial charge in [0.05, 0.1) is 29.1 Å². The predicted molar refractivity (Wildman–Crippen MR) is 56.4 cm³/mol. The molecule has 3 fully saturated rings.